The number of amidine groups is 1. The van der Waals surface area contributed by atoms with Crippen molar-refractivity contribution < 1.29 is 0 Å². The van der Waals surface area contributed by atoms with Crippen LogP contribution >= 0.6 is 0 Å². The van der Waals surface area contributed by atoms with E-state index >= 15 is 0 Å². The molecule has 0 radical (unpaired) electrons. The minimum atomic E-state index is -0.0128. The highest BCUT2D eigenvalue weighted by molar-refractivity contribution is 5.93. The Balaban J connectivity index is 2.12. The van der Waals surface area contributed by atoms with Crippen LogP contribution < -0.4 is 10.6 Å². The summed E-state index contributed by atoms with van der Waals surface area (Å²) in [6, 6.07) is 2.31. The lowest BCUT2D eigenvalue weighted by Gasteiger charge is -2.28. The first-order valence-electron chi connectivity index (χ1n) is 7.16. The molecule has 1 aliphatic rings. The summed E-state index contributed by atoms with van der Waals surface area (Å²) in [6.07, 6.45) is 2.49. The highest BCUT2D eigenvalue weighted by Crippen LogP contribution is 2.19. The van der Waals surface area contributed by atoms with E-state index < -0.39 is 0 Å². The molecule has 0 amide bonds. The van der Waals surface area contributed by atoms with Crippen LogP contribution in [-0.2, 0) is 0 Å². The van der Waals surface area contributed by atoms with Gasteiger partial charge in [-0.2, -0.15) is 0 Å². The second kappa shape index (κ2) is 6.17. The number of hydrogen-bond donors (Lipinski definition) is 2. The van der Waals surface area contributed by atoms with Gasteiger partial charge in [0.2, 0.25) is 5.95 Å². The standard InChI is InChI=1S/C14H24N6/c1-4-20-7-5-6-11(20)9-19(3)14-17-10(2)8-12(18-14)13(15)16/h8,11H,4-7,9H2,1-3H3,(H3,15,16). The quantitative estimate of drug-likeness (QED) is 0.619. The Morgan fingerprint density at radius 3 is 2.95 bits per heavy atom. The van der Waals surface area contributed by atoms with Crippen LogP contribution in [0.15, 0.2) is 6.07 Å². The van der Waals surface area contributed by atoms with Crippen LogP contribution in [0.2, 0.25) is 0 Å². The number of nitrogens with one attached hydrogen (secondary N) is 1. The number of nitrogens with two attached hydrogens (primary N) is 1. The van der Waals surface area contributed by atoms with Gasteiger partial charge in [0.1, 0.15) is 11.5 Å². The monoisotopic (exact) mass is 276 g/mol. The lowest BCUT2D eigenvalue weighted by atomic mass is 10.2. The van der Waals surface area contributed by atoms with E-state index in [0.29, 0.717) is 17.7 Å². The second-order valence-electron chi connectivity index (χ2n) is 5.41. The van der Waals surface area contributed by atoms with Gasteiger partial charge in [-0.25, -0.2) is 9.97 Å². The largest absolute Gasteiger partial charge is 0.382 e. The first kappa shape index (κ1) is 14.7. The van der Waals surface area contributed by atoms with Crippen molar-refractivity contribution in [2.45, 2.75) is 32.7 Å². The van der Waals surface area contributed by atoms with Gasteiger partial charge in [-0.15, -0.1) is 0 Å². The van der Waals surface area contributed by atoms with Gasteiger partial charge in [-0.3, -0.25) is 10.3 Å². The van der Waals surface area contributed by atoms with Crippen molar-refractivity contribution in [3.05, 3.63) is 17.5 Å². The maximum Gasteiger partial charge on any atom is 0.226 e. The van der Waals surface area contributed by atoms with Crippen molar-refractivity contribution in [2.24, 2.45) is 5.73 Å². The van der Waals surface area contributed by atoms with Crippen molar-refractivity contribution in [3.8, 4) is 0 Å². The number of rotatable bonds is 5. The summed E-state index contributed by atoms with van der Waals surface area (Å²) in [7, 11) is 2.00. The molecule has 6 nitrogen and oxygen atoms in total. The van der Waals surface area contributed by atoms with E-state index in [0.717, 1.165) is 18.8 Å². The van der Waals surface area contributed by atoms with Gasteiger partial charge in [0, 0.05) is 25.3 Å². The summed E-state index contributed by atoms with van der Waals surface area (Å²) >= 11 is 0. The Morgan fingerprint density at radius 1 is 1.55 bits per heavy atom. The van der Waals surface area contributed by atoms with Crippen molar-refractivity contribution in [3.63, 3.8) is 0 Å². The third kappa shape index (κ3) is 3.25. The van der Waals surface area contributed by atoms with Crippen LogP contribution in [0.4, 0.5) is 5.95 Å². The number of nitrogens with zero attached hydrogens (tertiary/aromatic N) is 4. The zero-order chi connectivity index (χ0) is 14.7. The molecule has 1 atom stereocenters. The number of nitrogen functional groups attached to an aromatic ring is 1. The van der Waals surface area contributed by atoms with E-state index in [9.17, 15) is 0 Å². The molecule has 1 aromatic rings. The minimum absolute atomic E-state index is 0.0128. The fraction of sp³-hybridized carbons (Fsp3) is 0.643. The van der Waals surface area contributed by atoms with Gasteiger partial charge < -0.3 is 10.6 Å². The Morgan fingerprint density at radius 2 is 2.30 bits per heavy atom. The van der Waals surface area contributed by atoms with Crippen LogP contribution in [0.3, 0.4) is 0 Å². The normalized spacial score (nSPS) is 19.2. The zero-order valence-electron chi connectivity index (χ0n) is 12.6. The van der Waals surface area contributed by atoms with Crippen LogP contribution in [0.25, 0.3) is 0 Å². The number of aryl methyl sites for hydroxylation is 1. The first-order valence-corrected chi connectivity index (χ1v) is 7.16. The summed E-state index contributed by atoms with van der Waals surface area (Å²) in [5.41, 5.74) is 6.86. The maximum absolute atomic E-state index is 7.52. The molecular formula is C14H24N6. The number of likely N-dealkylation sites (tertiary alicyclic amines) is 1. The molecule has 0 bridgehead atoms. The van der Waals surface area contributed by atoms with Crippen molar-refractivity contribution >= 4 is 11.8 Å². The van der Waals surface area contributed by atoms with E-state index in [-0.39, 0.29) is 5.84 Å². The molecule has 1 fully saturated rings. The molecule has 0 aliphatic carbocycles. The predicted octanol–water partition coefficient (Wildman–Crippen LogP) is 0.990. The molecular weight excluding hydrogens is 252 g/mol. The Bertz CT molecular complexity index is 487. The van der Waals surface area contributed by atoms with Crippen LogP contribution in [0.1, 0.15) is 31.2 Å². The van der Waals surface area contributed by atoms with Gasteiger partial charge in [-0.1, -0.05) is 6.92 Å². The molecule has 3 N–H and O–H groups in total. The van der Waals surface area contributed by atoms with Gasteiger partial charge in [0.25, 0.3) is 0 Å². The molecule has 1 saturated heterocycles. The smallest absolute Gasteiger partial charge is 0.226 e. The second-order valence-corrected chi connectivity index (χ2v) is 5.41. The summed E-state index contributed by atoms with van der Waals surface area (Å²) in [4.78, 5) is 13.4. The molecule has 110 valence electrons. The molecule has 1 unspecified atom stereocenters. The van der Waals surface area contributed by atoms with Gasteiger partial charge in [-0.05, 0) is 38.9 Å². The highest BCUT2D eigenvalue weighted by atomic mass is 15.3. The van der Waals surface area contributed by atoms with E-state index in [1.54, 1.807) is 6.07 Å². The molecule has 1 aliphatic heterocycles. The van der Waals surface area contributed by atoms with E-state index in [4.69, 9.17) is 11.1 Å². The number of hydrogen-bond acceptors (Lipinski definition) is 5. The third-order valence-electron chi connectivity index (χ3n) is 3.85. The topological polar surface area (TPSA) is 82.1 Å². The average Bonchev–Trinajstić information content (AvgIpc) is 2.85. The summed E-state index contributed by atoms with van der Waals surface area (Å²) < 4.78 is 0. The summed E-state index contributed by atoms with van der Waals surface area (Å²) in [6.45, 7) is 7.29. The van der Waals surface area contributed by atoms with Crippen molar-refractivity contribution in [1.82, 2.24) is 14.9 Å². The summed E-state index contributed by atoms with van der Waals surface area (Å²) in [5.74, 6) is 0.638. The molecule has 0 spiro atoms. The molecule has 6 heteroatoms. The molecule has 0 aromatic carbocycles. The number of anilines is 1. The Hall–Kier alpha value is -1.69. The van der Waals surface area contributed by atoms with Gasteiger partial charge >= 0.3 is 0 Å². The minimum Gasteiger partial charge on any atom is -0.382 e. The van der Waals surface area contributed by atoms with Gasteiger partial charge in [0.05, 0.1) is 0 Å². The molecule has 0 saturated carbocycles. The van der Waals surface area contributed by atoms with Crippen molar-refractivity contribution in [2.75, 3.05) is 31.6 Å². The average molecular weight is 276 g/mol. The molecule has 20 heavy (non-hydrogen) atoms. The van der Waals surface area contributed by atoms with E-state index in [1.807, 2.05) is 14.0 Å². The lowest BCUT2D eigenvalue weighted by Crippen LogP contribution is -2.39. The predicted molar refractivity (Wildman–Crippen MR) is 81.3 cm³/mol. The van der Waals surface area contributed by atoms with E-state index in [1.165, 1.54) is 19.4 Å². The first-order chi connectivity index (χ1) is 9.51. The molecule has 2 rings (SSSR count). The van der Waals surface area contributed by atoms with Crippen molar-refractivity contribution in [1.29, 1.82) is 5.41 Å². The zero-order valence-corrected chi connectivity index (χ0v) is 12.6. The third-order valence-corrected chi connectivity index (χ3v) is 3.85. The lowest BCUT2D eigenvalue weighted by molar-refractivity contribution is 0.270. The summed E-state index contributed by atoms with van der Waals surface area (Å²) in [5, 5.41) is 7.52. The van der Waals surface area contributed by atoms with Gasteiger partial charge in [0.15, 0.2) is 0 Å². The fourth-order valence-electron chi connectivity index (χ4n) is 2.78. The van der Waals surface area contributed by atoms with Crippen LogP contribution in [0, 0.1) is 12.3 Å². The number of aromatic nitrogens is 2. The molecule has 2 heterocycles. The Labute approximate surface area is 120 Å². The fourth-order valence-corrected chi connectivity index (χ4v) is 2.78. The Kier molecular flexibility index (Phi) is 4.54. The SMILES string of the molecule is CCN1CCCC1CN(C)c1nc(C)cc(C(=N)N)n1. The highest BCUT2D eigenvalue weighted by Gasteiger charge is 2.25. The maximum atomic E-state index is 7.52. The van der Waals surface area contributed by atoms with Crippen LogP contribution in [-0.4, -0.2) is 53.4 Å². The van der Waals surface area contributed by atoms with Crippen LogP contribution in [0.5, 0.6) is 0 Å². The molecule has 1 aromatic heterocycles. The van der Waals surface area contributed by atoms with E-state index in [2.05, 4.69) is 26.7 Å². The number of likely N-dealkylation sites (N-methyl/N-ethyl adjacent to an activating group) is 2.